The molecule has 0 fully saturated rings. The zero-order valence-electron chi connectivity index (χ0n) is 12.0. The average Bonchev–Trinajstić information content (AvgIpc) is 2.69. The predicted octanol–water partition coefficient (Wildman–Crippen LogP) is 2.86. The van der Waals surface area contributed by atoms with Gasteiger partial charge in [0.1, 0.15) is 17.3 Å². The van der Waals surface area contributed by atoms with E-state index in [1.54, 1.807) is 0 Å². The van der Waals surface area contributed by atoms with E-state index in [1.165, 1.54) is 12.1 Å². The molecule has 1 heterocycles. The Kier molecular flexibility index (Phi) is 4.06. The molecule has 114 valence electrons. The summed E-state index contributed by atoms with van der Waals surface area (Å²) in [5.74, 6) is 0.863. The van der Waals surface area contributed by atoms with Crippen molar-refractivity contribution in [2.24, 2.45) is 5.14 Å². The molecule has 0 aliphatic rings. The topological polar surface area (TPSA) is 85.3 Å². The number of benzene rings is 1. The fraction of sp³-hybridized carbons (Fsp3) is 0.286. The first-order chi connectivity index (χ1) is 9.68. The van der Waals surface area contributed by atoms with Crippen molar-refractivity contribution in [1.29, 1.82) is 0 Å². The second-order valence-electron chi connectivity index (χ2n) is 4.92. The maximum absolute atomic E-state index is 14.0. The third-order valence-electron chi connectivity index (χ3n) is 3.19. The van der Waals surface area contributed by atoms with Crippen LogP contribution in [0.2, 0.25) is 0 Å². The Hall–Kier alpha value is -1.86. The number of hydrogen-bond donors (Lipinski definition) is 2. The number of halogens is 1. The Morgan fingerprint density at radius 2 is 1.95 bits per heavy atom. The van der Waals surface area contributed by atoms with E-state index >= 15 is 0 Å². The van der Waals surface area contributed by atoms with Crippen molar-refractivity contribution in [3.05, 3.63) is 47.2 Å². The summed E-state index contributed by atoms with van der Waals surface area (Å²) >= 11 is 0. The maximum Gasteiger partial charge on any atom is 0.238 e. The Morgan fingerprint density at radius 1 is 1.29 bits per heavy atom. The van der Waals surface area contributed by atoms with E-state index in [4.69, 9.17) is 9.56 Å². The Labute approximate surface area is 123 Å². The number of sulfonamides is 1. The summed E-state index contributed by atoms with van der Waals surface area (Å²) < 4.78 is 41.7. The zero-order chi connectivity index (χ0) is 15.8. The van der Waals surface area contributed by atoms with Crippen LogP contribution >= 0.6 is 0 Å². The molecule has 0 saturated carbocycles. The van der Waals surface area contributed by atoms with Crippen molar-refractivity contribution >= 4 is 15.7 Å². The van der Waals surface area contributed by atoms with Crippen molar-refractivity contribution in [3.63, 3.8) is 0 Å². The molecule has 2 rings (SSSR count). The van der Waals surface area contributed by atoms with Gasteiger partial charge in [-0.15, -0.1) is 0 Å². The van der Waals surface area contributed by atoms with Gasteiger partial charge in [0.25, 0.3) is 0 Å². The van der Waals surface area contributed by atoms with Gasteiger partial charge in [-0.25, -0.2) is 17.9 Å². The van der Waals surface area contributed by atoms with Crippen LogP contribution < -0.4 is 10.5 Å². The third-order valence-corrected chi connectivity index (χ3v) is 4.10. The molecule has 1 aromatic carbocycles. The van der Waals surface area contributed by atoms with Gasteiger partial charge in [-0.3, -0.25) is 0 Å². The number of aryl methyl sites for hydroxylation is 2. The lowest BCUT2D eigenvalue weighted by atomic mass is 10.1. The Bertz CT molecular complexity index is 769. The molecule has 1 unspecified atom stereocenters. The van der Waals surface area contributed by atoms with E-state index in [0.717, 1.165) is 23.2 Å². The monoisotopic (exact) mass is 312 g/mol. The molecule has 1 aromatic heterocycles. The van der Waals surface area contributed by atoms with Gasteiger partial charge in [-0.2, -0.15) is 0 Å². The summed E-state index contributed by atoms with van der Waals surface area (Å²) in [7, 11) is -3.91. The van der Waals surface area contributed by atoms with Crippen LogP contribution in [0.1, 0.15) is 30.0 Å². The van der Waals surface area contributed by atoms with E-state index in [1.807, 2.05) is 26.8 Å². The van der Waals surface area contributed by atoms with Crippen molar-refractivity contribution in [2.75, 3.05) is 5.32 Å². The van der Waals surface area contributed by atoms with Gasteiger partial charge in [-0.05, 0) is 45.0 Å². The second-order valence-corrected chi connectivity index (χ2v) is 6.48. The van der Waals surface area contributed by atoms with Crippen molar-refractivity contribution < 1.29 is 17.2 Å². The fourth-order valence-electron chi connectivity index (χ4n) is 2.18. The Morgan fingerprint density at radius 3 is 2.43 bits per heavy atom. The summed E-state index contributed by atoms with van der Waals surface area (Å²) in [5, 5.41) is 7.95. The Balaban J connectivity index is 2.26. The number of primary sulfonamides is 1. The molecule has 0 radical (unpaired) electrons. The highest BCUT2D eigenvalue weighted by Gasteiger charge is 2.16. The number of rotatable bonds is 4. The number of furan rings is 1. The molecule has 1 atom stereocenters. The first-order valence-electron chi connectivity index (χ1n) is 6.34. The van der Waals surface area contributed by atoms with E-state index in [9.17, 15) is 12.8 Å². The maximum atomic E-state index is 14.0. The van der Waals surface area contributed by atoms with Crippen molar-refractivity contribution in [2.45, 2.75) is 31.7 Å². The highest BCUT2D eigenvalue weighted by molar-refractivity contribution is 7.89. The van der Waals surface area contributed by atoms with Crippen molar-refractivity contribution in [1.82, 2.24) is 0 Å². The van der Waals surface area contributed by atoms with Crippen LogP contribution in [-0.4, -0.2) is 8.42 Å². The average molecular weight is 312 g/mol. The summed E-state index contributed by atoms with van der Waals surface area (Å²) in [4.78, 5) is -0.256. The minimum absolute atomic E-state index is 0.183. The number of nitrogens with one attached hydrogen (secondary N) is 1. The quantitative estimate of drug-likeness (QED) is 0.909. The fourth-order valence-corrected chi connectivity index (χ4v) is 2.71. The molecule has 0 bridgehead atoms. The first kappa shape index (κ1) is 15.5. The summed E-state index contributed by atoms with van der Waals surface area (Å²) in [6.07, 6.45) is 0. The lowest BCUT2D eigenvalue weighted by Crippen LogP contribution is -2.13. The molecule has 0 aliphatic carbocycles. The van der Waals surface area contributed by atoms with Gasteiger partial charge in [-0.1, -0.05) is 0 Å². The smallest absolute Gasteiger partial charge is 0.238 e. The molecule has 5 nitrogen and oxygen atoms in total. The van der Waals surface area contributed by atoms with Gasteiger partial charge in [0.05, 0.1) is 16.6 Å². The highest BCUT2D eigenvalue weighted by atomic mass is 32.2. The van der Waals surface area contributed by atoms with Crippen LogP contribution in [0.15, 0.2) is 33.6 Å². The van der Waals surface area contributed by atoms with Crippen LogP contribution in [-0.2, 0) is 10.0 Å². The van der Waals surface area contributed by atoms with Gasteiger partial charge in [0.2, 0.25) is 10.0 Å². The largest absolute Gasteiger partial charge is 0.466 e. The first-order valence-corrected chi connectivity index (χ1v) is 7.89. The molecule has 0 amide bonds. The van der Waals surface area contributed by atoms with Crippen LogP contribution in [0.5, 0.6) is 0 Å². The molecule has 7 heteroatoms. The van der Waals surface area contributed by atoms with E-state index < -0.39 is 15.8 Å². The van der Waals surface area contributed by atoms with E-state index in [2.05, 4.69) is 5.32 Å². The molecular weight excluding hydrogens is 295 g/mol. The minimum atomic E-state index is -3.91. The van der Waals surface area contributed by atoms with Gasteiger partial charge in [0, 0.05) is 5.56 Å². The van der Waals surface area contributed by atoms with Crippen LogP contribution in [0.4, 0.5) is 10.1 Å². The molecular formula is C14H17FN2O3S. The number of nitrogens with two attached hydrogens (primary N) is 1. The van der Waals surface area contributed by atoms with E-state index in [0.29, 0.717) is 0 Å². The summed E-state index contributed by atoms with van der Waals surface area (Å²) in [5.41, 5.74) is 1.12. The SMILES string of the molecule is Cc1cc(C(C)Nc2ccc(S(N)(=O)=O)cc2F)c(C)o1. The zero-order valence-corrected chi connectivity index (χ0v) is 12.8. The number of hydrogen-bond acceptors (Lipinski definition) is 4. The van der Waals surface area contributed by atoms with Crippen molar-refractivity contribution in [3.8, 4) is 0 Å². The number of anilines is 1. The summed E-state index contributed by atoms with van der Waals surface area (Å²) in [6.45, 7) is 5.54. The molecule has 2 aromatic rings. The molecule has 21 heavy (non-hydrogen) atoms. The molecule has 0 saturated heterocycles. The molecule has 0 spiro atoms. The second kappa shape index (κ2) is 5.50. The van der Waals surface area contributed by atoms with Crippen LogP contribution in [0.3, 0.4) is 0 Å². The minimum Gasteiger partial charge on any atom is -0.466 e. The lowest BCUT2D eigenvalue weighted by Gasteiger charge is -2.15. The van der Waals surface area contributed by atoms with Gasteiger partial charge < -0.3 is 9.73 Å². The van der Waals surface area contributed by atoms with Gasteiger partial charge in [0.15, 0.2) is 0 Å². The van der Waals surface area contributed by atoms with Crippen LogP contribution in [0.25, 0.3) is 0 Å². The summed E-state index contributed by atoms with van der Waals surface area (Å²) in [6, 6.07) is 5.22. The predicted molar refractivity (Wildman–Crippen MR) is 78.0 cm³/mol. The third kappa shape index (κ3) is 3.43. The van der Waals surface area contributed by atoms with E-state index in [-0.39, 0.29) is 16.6 Å². The van der Waals surface area contributed by atoms with Gasteiger partial charge >= 0.3 is 0 Å². The molecule has 3 N–H and O–H groups in total. The highest BCUT2D eigenvalue weighted by Crippen LogP contribution is 2.27. The van der Waals surface area contributed by atoms with Crippen LogP contribution in [0, 0.1) is 19.7 Å². The molecule has 0 aliphatic heterocycles. The standard InChI is InChI=1S/C14H17FN2O3S/c1-8-6-12(10(3)20-8)9(2)17-14-5-4-11(7-13(14)15)21(16,18)19/h4-7,9,17H,1-3H3,(H2,16,18,19). The normalized spacial score (nSPS) is 13.2. The lowest BCUT2D eigenvalue weighted by molar-refractivity contribution is 0.499.